The fourth-order valence-electron chi connectivity index (χ4n) is 0.0505. The summed E-state index contributed by atoms with van der Waals surface area (Å²) in [7, 11) is 0. The molecule has 5 heavy (non-hydrogen) atoms. The Hall–Kier alpha value is 2.08. The van der Waals surface area contributed by atoms with Crippen LogP contribution in [0.4, 0.5) is 0 Å². The van der Waals surface area contributed by atoms with Gasteiger partial charge in [0.25, 0.3) is 0 Å². The van der Waals surface area contributed by atoms with Crippen molar-refractivity contribution in [2.24, 2.45) is 0 Å². The third kappa shape index (κ3) is 6.08. The zero-order chi connectivity index (χ0) is 4.12. The maximum absolute atomic E-state index is 2.47. The Labute approximate surface area is 67.3 Å². The molecule has 0 aliphatic heterocycles. The molecular weight excluding hydrogens is 343 g/mol. The molecule has 0 atom stereocenters. The zero-order valence-electron chi connectivity index (χ0n) is 2.88. The van der Waals surface area contributed by atoms with Crippen molar-refractivity contribution in [1.29, 1.82) is 0 Å². The van der Waals surface area contributed by atoms with Gasteiger partial charge in [-0.3, -0.25) is 0 Å². The van der Waals surface area contributed by atoms with Gasteiger partial charge >= 0.3 is 68.4 Å². The topological polar surface area (TPSA) is 0 Å². The van der Waals surface area contributed by atoms with E-state index >= 15 is 0 Å². The van der Waals surface area contributed by atoms with Gasteiger partial charge in [0.15, 0.2) is 0 Å². The molecule has 28 valence electrons. The second-order valence-electron chi connectivity index (χ2n) is 0.732. The summed E-state index contributed by atoms with van der Waals surface area (Å²) in [6.45, 7) is 0. The van der Waals surface area contributed by atoms with Crippen molar-refractivity contribution in [3.63, 3.8) is 0 Å². The standard InChI is InChI=1S/2CH2I.Zn/c2*1-2;/h2*1H2;. The Bertz CT molecular complexity index is 15.1. The summed E-state index contributed by atoms with van der Waals surface area (Å²) in [6.07, 6.45) is 0. The molecule has 0 rings (SSSR count). The van der Waals surface area contributed by atoms with Crippen LogP contribution in [-0.2, 0) is 17.1 Å². The molecule has 0 amide bonds. The number of halogens is 2. The summed E-state index contributed by atoms with van der Waals surface area (Å²) in [5.74, 6) is 0. The molecule has 0 saturated carbocycles. The van der Waals surface area contributed by atoms with Crippen molar-refractivity contribution in [2.75, 3.05) is 6.04 Å². The molecule has 0 heterocycles. The molecule has 0 bridgehead atoms. The summed E-state index contributed by atoms with van der Waals surface area (Å²) in [6, 6.07) is 0. The number of hydrogen-bond donors (Lipinski definition) is 0. The van der Waals surface area contributed by atoms with E-state index in [1.54, 1.807) is 0 Å². The first-order valence-electron chi connectivity index (χ1n) is 1.53. The van der Waals surface area contributed by atoms with Crippen LogP contribution in [0.2, 0.25) is 0 Å². The molecule has 0 unspecified atom stereocenters. The Kier molecular flexibility index (Phi) is 8.62. The van der Waals surface area contributed by atoms with E-state index in [0.717, 1.165) is 0 Å². The van der Waals surface area contributed by atoms with E-state index < -0.39 is 0 Å². The molecule has 0 aromatic heterocycles. The van der Waals surface area contributed by atoms with Crippen LogP contribution >= 0.6 is 45.2 Å². The molecule has 0 radical (unpaired) electrons. The summed E-state index contributed by atoms with van der Waals surface area (Å²) >= 11 is 5.00. The van der Waals surface area contributed by atoms with E-state index in [4.69, 9.17) is 0 Å². The van der Waals surface area contributed by atoms with E-state index in [-0.39, 0.29) is 17.1 Å². The fraction of sp³-hybridized carbons (Fsp3) is 1.00. The first-order valence-corrected chi connectivity index (χ1v) is 8.78. The Balaban J connectivity index is 2.19. The van der Waals surface area contributed by atoms with Crippen molar-refractivity contribution >= 4 is 45.2 Å². The molecule has 0 aliphatic rings. The van der Waals surface area contributed by atoms with Crippen LogP contribution in [0.25, 0.3) is 0 Å². The molecule has 0 aromatic carbocycles. The van der Waals surface area contributed by atoms with Gasteiger partial charge in [0.2, 0.25) is 0 Å². The molecular formula is C2H4I2Zn. The van der Waals surface area contributed by atoms with Crippen LogP contribution in [-0.4, -0.2) is 6.04 Å². The van der Waals surface area contributed by atoms with Crippen LogP contribution < -0.4 is 0 Å². The number of hydrogen-bond acceptors (Lipinski definition) is 0. The van der Waals surface area contributed by atoms with Gasteiger partial charge in [-0.1, -0.05) is 0 Å². The molecule has 0 aliphatic carbocycles. The normalized spacial score (nSPS) is 6.80. The van der Waals surface area contributed by atoms with Crippen molar-refractivity contribution in [3.05, 3.63) is 0 Å². The summed E-state index contributed by atoms with van der Waals surface area (Å²) in [5, 5.41) is 0. The molecule has 0 nitrogen and oxygen atoms in total. The van der Waals surface area contributed by atoms with Gasteiger partial charge in [0.1, 0.15) is 0 Å². The van der Waals surface area contributed by atoms with Crippen LogP contribution in [0.3, 0.4) is 0 Å². The molecule has 0 N–H and O–H groups in total. The van der Waals surface area contributed by atoms with Gasteiger partial charge in [-0.15, -0.1) is 0 Å². The predicted octanol–water partition coefficient (Wildman–Crippen LogP) is 1.85. The third-order valence-corrected chi connectivity index (χ3v) is 9.32. The first-order chi connectivity index (χ1) is 2.41. The number of alkyl halides is 2. The monoisotopic (exact) mass is 346 g/mol. The molecule has 0 fully saturated rings. The van der Waals surface area contributed by atoms with Crippen molar-refractivity contribution in [2.45, 2.75) is 0 Å². The maximum atomic E-state index is 2.47. The average Bonchev–Trinajstić information content (AvgIpc) is 1.41. The van der Waals surface area contributed by atoms with Crippen LogP contribution in [0.5, 0.6) is 0 Å². The first kappa shape index (κ1) is 7.08. The summed E-state index contributed by atoms with van der Waals surface area (Å²) in [4.78, 5) is 0. The zero-order valence-corrected chi connectivity index (χ0v) is 10.2. The van der Waals surface area contributed by atoms with Crippen molar-refractivity contribution in [1.82, 2.24) is 0 Å². The van der Waals surface area contributed by atoms with Crippen LogP contribution in [0.15, 0.2) is 0 Å². The van der Waals surface area contributed by atoms with Crippen LogP contribution in [0, 0.1) is 0 Å². The minimum atomic E-state index is 0.0706. The van der Waals surface area contributed by atoms with E-state index in [2.05, 4.69) is 45.2 Å². The van der Waals surface area contributed by atoms with E-state index in [1.165, 1.54) is 6.04 Å². The van der Waals surface area contributed by atoms with E-state index in [9.17, 15) is 0 Å². The number of rotatable bonds is 2. The van der Waals surface area contributed by atoms with E-state index in [0.29, 0.717) is 0 Å². The van der Waals surface area contributed by atoms with Gasteiger partial charge in [-0.05, 0) is 0 Å². The Morgan fingerprint density at radius 2 is 1.60 bits per heavy atom. The third-order valence-electron chi connectivity index (χ3n) is 0.267. The van der Waals surface area contributed by atoms with Crippen molar-refractivity contribution in [3.8, 4) is 0 Å². The second-order valence-corrected chi connectivity index (χ2v) is 15.0. The fourth-order valence-corrected chi connectivity index (χ4v) is 11.8. The molecule has 0 saturated heterocycles. The van der Waals surface area contributed by atoms with Gasteiger partial charge in [0, 0.05) is 0 Å². The predicted molar refractivity (Wildman–Crippen MR) is 37.8 cm³/mol. The van der Waals surface area contributed by atoms with Gasteiger partial charge < -0.3 is 0 Å². The molecule has 0 aromatic rings. The van der Waals surface area contributed by atoms with Crippen molar-refractivity contribution < 1.29 is 17.1 Å². The summed E-state index contributed by atoms with van der Waals surface area (Å²) in [5.41, 5.74) is 0. The molecule has 0 spiro atoms. The average molecular weight is 347 g/mol. The van der Waals surface area contributed by atoms with Crippen LogP contribution in [0.1, 0.15) is 0 Å². The van der Waals surface area contributed by atoms with Gasteiger partial charge in [0.05, 0.1) is 0 Å². The Morgan fingerprint density at radius 3 is 1.60 bits per heavy atom. The summed E-state index contributed by atoms with van der Waals surface area (Å²) < 4.78 is 2.99. The van der Waals surface area contributed by atoms with Gasteiger partial charge in [-0.25, -0.2) is 0 Å². The SMILES string of the molecule is I[CH2][Zn][CH2]I. The van der Waals surface area contributed by atoms with Gasteiger partial charge in [-0.2, -0.15) is 0 Å². The second kappa shape index (κ2) is 6.08. The molecule has 3 heteroatoms. The van der Waals surface area contributed by atoms with E-state index in [1.807, 2.05) is 0 Å². The quantitative estimate of drug-likeness (QED) is 0.406. The minimum absolute atomic E-state index is 0.0706. The Morgan fingerprint density at radius 1 is 1.20 bits per heavy atom.